The van der Waals surface area contributed by atoms with Gasteiger partial charge in [-0.2, -0.15) is 0 Å². The number of benzene rings is 2. The van der Waals surface area contributed by atoms with Crippen LogP contribution in [0.5, 0.6) is 5.75 Å². The number of aryl methyl sites for hydroxylation is 1. The number of para-hydroxylation sites is 1. The summed E-state index contributed by atoms with van der Waals surface area (Å²) in [6.07, 6.45) is 3.82. The van der Waals surface area contributed by atoms with E-state index >= 15 is 0 Å². The highest BCUT2D eigenvalue weighted by Gasteiger charge is 2.24. The van der Waals surface area contributed by atoms with Gasteiger partial charge in [-0.1, -0.05) is 42.5 Å². The van der Waals surface area contributed by atoms with E-state index in [1.54, 1.807) is 7.11 Å². The summed E-state index contributed by atoms with van der Waals surface area (Å²) in [5.74, 6) is 1.21. The summed E-state index contributed by atoms with van der Waals surface area (Å²) < 4.78 is 5.37. The van der Waals surface area contributed by atoms with Crippen molar-refractivity contribution in [3.05, 3.63) is 65.2 Å². The largest absolute Gasteiger partial charge is 0.496 e. The zero-order valence-electron chi connectivity index (χ0n) is 12.5. The Labute approximate surface area is 126 Å². The van der Waals surface area contributed by atoms with Crippen molar-refractivity contribution in [1.29, 1.82) is 0 Å². The van der Waals surface area contributed by atoms with E-state index in [0.29, 0.717) is 5.92 Å². The van der Waals surface area contributed by atoms with E-state index in [0.717, 1.165) is 30.6 Å². The molecular weight excluding hydrogens is 260 g/mol. The van der Waals surface area contributed by atoms with Gasteiger partial charge < -0.3 is 9.84 Å². The normalized spacial score (nSPS) is 18.9. The van der Waals surface area contributed by atoms with E-state index in [1.807, 2.05) is 24.3 Å². The summed E-state index contributed by atoms with van der Waals surface area (Å²) in [5.41, 5.74) is 3.75. The Morgan fingerprint density at radius 1 is 1.14 bits per heavy atom. The second-order valence-electron chi connectivity index (χ2n) is 5.78. The van der Waals surface area contributed by atoms with Gasteiger partial charge in [0.15, 0.2) is 0 Å². The molecule has 0 amide bonds. The minimum Gasteiger partial charge on any atom is -0.496 e. The first-order valence-corrected chi connectivity index (χ1v) is 7.68. The molecule has 2 heteroatoms. The van der Waals surface area contributed by atoms with Crippen LogP contribution in [-0.2, 0) is 6.42 Å². The van der Waals surface area contributed by atoms with Crippen LogP contribution in [0.25, 0.3) is 0 Å². The molecule has 0 aromatic heterocycles. The number of methoxy groups -OCH3 is 1. The highest BCUT2D eigenvalue weighted by molar-refractivity contribution is 5.37. The molecule has 1 N–H and O–H groups in total. The fraction of sp³-hybridized carbons (Fsp3) is 0.368. The number of rotatable bonds is 4. The third kappa shape index (κ3) is 2.96. The van der Waals surface area contributed by atoms with E-state index in [-0.39, 0.29) is 0 Å². The van der Waals surface area contributed by atoms with Crippen LogP contribution >= 0.6 is 0 Å². The van der Waals surface area contributed by atoms with Gasteiger partial charge in [-0.05, 0) is 48.8 Å². The van der Waals surface area contributed by atoms with Gasteiger partial charge in [-0.15, -0.1) is 0 Å². The molecule has 110 valence electrons. The zero-order valence-corrected chi connectivity index (χ0v) is 12.5. The molecular formula is C19H22O2. The van der Waals surface area contributed by atoms with E-state index in [9.17, 15) is 5.11 Å². The Balaban J connectivity index is 1.81. The molecule has 0 saturated carbocycles. The van der Waals surface area contributed by atoms with Crippen molar-refractivity contribution in [2.45, 2.75) is 37.7 Å². The molecule has 2 unspecified atom stereocenters. The summed E-state index contributed by atoms with van der Waals surface area (Å²) in [6.45, 7) is 0. The summed E-state index contributed by atoms with van der Waals surface area (Å²) in [6, 6.07) is 16.4. The van der Waals surface area contributed by atoms with Crippen molar-refractivity contribution in [3.63, 3.8) is 0 Å². The van der Waals surface area contributed by atoms with Crippen LogP contribution in [0.2, 0.25) is 0 Å². The minimum absolute atomic E-state index is 0.440. The number of hydrogen-bond donors (Lipinski definition) is 1. The standard InChI is InChI=1S/C19H22O2/c1-21-19-12-5-4-11-17(19)18(20)13-15-9-6-8-14-7-2-3-10-16(14)15/h2-5,7,10-12,15,18,20H,6,8-9,13H2,1H3. The summed E-state index contributed by atoms with van der Waals surface area (Å²) in [7, 11) is 1.65. The monoisotopic (exact) mass is 282 g/mol. The van der Waals surface area contributed by atoms with E-state index in [1.165, 1.54) is 17.5 Å². The fourth-order valence-electron chi connectivity index (χ4n) is 3.44. The molecule has 0 saturated heterocycles. The molecule has 21 heavy (non-hydrogen) atoms. The van der Waals surface area contributed by atoms with Gasteiger partial charge >= 0.3 is 0 Å². The van der Waals surface area contributed by atoms with Crippen LogP contribution in [0.4, 0.5) is 0 Å². The third-order valence-corrected chi connectivity index (χ3v) is 4.50. The third-order valence-electron chi connectivity index (χ3n) is 4.50. The molecule has 0 spiro atoms. The molecule has 2 aromatic rings. The SMILES string of the molecule is COc1ccccc1C(O)CC1CCCc2ccccc21. The molecule has 2 nitrogen and oxygen atoms in total. The number of ether oxygens (including phenoxy) is 1. The predicted octanol–water partition coefficient (Wildman–Crippen LogP) is 4.24. The van der Waals surface area contributed by atoms with Crippen molar-refractivity contribution in [3.8, 4) is 5.75 Å². The number of aliphatic hydroxyl groups excluding tert-OH is 1. The lowest BCUT2D eigenvalue weighted by molar-refractivity contribution is 0.150. The average Bonchev–Trinajstić information content (AvgIpc) is 2.55. The number of aliphatic hydroxyl groups is 1. The van der Waals surface area contributed by atoms with Crippen LogP contribution in [0.15, 0.2) is 48.5 Å². The van der Waals surface area contributed by atoms with Gasteiger partial charge in [0.25, 0.3) is 0 Å². The first kappa shape index (κ1) is 14.2. The Morgan fingerprint density at radius 2 is 1.90 bits per heavy atom. The lowest BCUT2D eigenvalue weighted by Crippen LogP contribution is -2.13. The fourth-order valence-corrected chi connectivity index (χ4v) is 3.44. The number of hydrogen-bond acceptors (Lipinski definition) is 2. The molecule has 0 radical (unpaired) electrons. The molecule has 0 bridgehead atoms. The Hall–Kier alpha value is -1.80. The minimum atomic E-state index is -0.475. The lowest BCUT2D eigenvalue weighted by Gasteiger charge is -2.27. The van der Waals surface area contributed by atoms with Crippen LogP contribution in [-0.4, -0.2) is 12.2 Å². The zero-order chi connectivity index (χ0) is 14.7. The molecule has 1 aliphatic rings. The summed E-state index contributed by atoms with van der Waals surface area (Å²) >= 11 is 0. The lowest BCUT2D eigenvalue weighted by atomic mass is 9.79. The van der Waals surface area contributed by atoms with Crippen LogP contribution in [0, 0.1) is 0 Å². The van der Waals surface area contributed by atoms with E-state index in [2.05, 4.69) is 24.3 Å². The average molecular weight is 282 g/mol. The van der Waals surface area contributed by atoms with Crippen molar-refractivity contribution in [2.75, 3.05) is 7.11 Å². The van der Waals surface area contributed by atoms with E-state index < -0.39 is 6.10 Å². The second kappa shape index (κ2) is 6.31. The molecule has 2 aromatic carbocycles. The maximum atomic E-state index is 10.6. The van der Waals surface area contributed by atoms with Gasteiger partial charge in [0, 0.05) is 5.56 Å². The highest BCUT2D eigenvalue weighted by Crippen LogP contribution is 2.39. The van der Waals surface area contributed by atoms with Gasteiger partial charge in [0.05, 0.1) is 13.2 Å². The van der Waals surface area contributed by atoms with Crippen LogP contribution in [0.3, 0.4) is 0 Å². The van der Waals surface area contributed by atoms with Crippen molar-refractivity contribution >= 4 is 0 Å². The highest BCUT2D eigenvalue weighted by atomic mass is 16.5. The molecule has 0 heterocycles. The first-order chi connectivity index (χ1) is 10.3. The van der Waals surface area contributed by atoms with Gasteiger partial charge in [-0.25, -0.2) is 0 Å². The van der Waals surface area contributed by atoms with Crippen molar-refractivity contribution in [1.82, 2.24) is 0 Å². The predicted molar refractivity (Wildman–Crippen MR) is 84.7 cm³/mol. The quantitative estimate of drug-likeness (QED) is 0.909. The smallest absolute Gasteiger partial charge is 0.124 e. The van der Waals surface area contributed by atoms with E-state index in [4.69, 9.17) is 4.74 Å². The van der Waals surface area contributed by atoms with Gasteiger partial charge in [0.1, 0.15) is 5.75 Å². The summed E-state index contributed by atoms with van der Waals surface area (Å²) in [5, 5.41) is 10.6. The Bertz CT molecular complexity index is 606. The maximum absolute atomic E-state index is 10.6. The molecule has 0 fully saturated rings. The molecule has 1 aliphatic carbocycles. The topological polar surface area (TPSA) is 29.5 Å². The molecule has 3 rings (SSSR count). The Kier molecular flexibility index (Phi) is 4.26. The number of fused-ring (bicyclic) bond motifs is 1. The van der Waals surface area contributed by atoms with Crippen LogP contribution in [0.1, 0.15) is 48.0 Å². The van der Waals surface area contributed by atoms with Crippen molar-refractivity contribution in [2.24, 2.45) is 0 Å². The van der Waals surface area contributed by atoms with Crippen LogP contribution < -0.4 is 4.74 Å². The Morgan fingerprint density at radius 3 is 2.76 bits per heavy atom. The first-order valence-electron chi connectivity index (χ1n) is 7.68. The molecule has 0 aliphatic heterocycles. The summed E-state index contributed by atoms with van der Waals surface area (Å²) in [4.78, 5) is 0. The molecule has 2 atom stereocenters. The van der Waals surface area contributed by atoms with Crippen molar-refractivity contribution < 1.29 is 9.84 Å². The maximum Gasteiger partial charge on any atom is 0.124 e. The second-order valence-corrected chi connectivity index (χ2v) is 5.78. The van der Waals surface area contributed by atoms with Gasteiger partial charge in [-0.3, -0.25) is 0 Å². The van der Waals surface area contributed by atoms with Gasteiger partial charge in [0.2, 0.25) is 0 Å².